The lowest BCUT2D eigenvalue weighted by Gasteiger charge is -2.21. The van der Waals surface area contributed by atoms with Crippen molar-refractivity contribution < 1.29 is 9.13 Å². The van der Waals surface area contributed by atoms with Crippen LogP contribution in [0.1, 0.15) is 50.1 Å². The Balaban J connectivity index is 2.11. The first kappa shape index (κ1) is 15.8. The van der Waals surface area contributed by atoms with Crippen molar-refractivity contribution in [2.24, 2.45) is 5.92 Å². The smallest absolute Gasteiger partial charge is 0.141 e. The molecule has 4 heteroatoms. The van der Waals surface area contributed by atoms with Crippen molar-refractivity contribution in [1.82, 2.24) is 5.32 Å². The van der Waals surface area contributed by atoms with Gasteiger partial charge in [-0.3, -0.25) is 0 Å². The third-order valence-electron chi connectivity index (χ3n) is 4.33. The molecule has 112 valence electrons. The van der Waals surface area contributed by atoms with Gasteiger partial charge in [0.1, 0.15) is 11.6 Å². The molecule has 1 aliphatic carbocycles. The van der Waals surface area contributed by atoms with Gasteiger partial charge in [-0.1, -0.05) is 25.7 Å². The van der Waals surface area contributed by atoms with Gasteiger partial charge in [-0.2, -0.15) is 0 Å². The van der Waals surface area contributed by atoms with E-state index in [1.54, 1.807) is 7.11 Å². The van der Waals surface area contributed by atoms with E-state index in [2.05, 4.69) is 21.2 Å². The summed E-state index contributed by atoms with van der Waals surface area (Å²) in [5.41, 5.74) is 1.03. The summed E-state index contributed by atoms with van der Waals surface area (Å²) in [7, 11) is 3.55. The Bertz CT molecular complexity index is 446. The van der Waals surface area contributed by atoms with Crippen LogP contribution in [0.5, 0.6) is 5.75 Å². The zero-order valence-corrected chi connectivity index (χ0v) is 13.8. The number of hydrogen-bond acceptors (Lipinski definition) is 2. The molecule has 0 saturated heterocycles. The number of methoxy groups -OCH3 is 1. The molecule has 1 unspecified atom stereocenters. The van der Waals surface area contributed by atoms with Gasteiger partial charge in [-0.05, 0) is 47.8 Å². The van der Waals surface area contributed by atoms with E-state index in [4.69, 9.17) is 4.74 Å². The lowest BCUT2D eigenvalue weighted by molar-refractivity contribution is 0.383. The molecule has 0 radical (unpaired) electrons. The van der Waals surface area contributed by atoms with Crippen LogP contribution in [0.3, 0.4) is 0 Å². The summed E-state index contributed by atoms with van der Waals surface area (Å²) in [6.07, 6.45) is 7.77. The minimum atomic E-state index is -0.281. The minimum Gasteiger partial charge on any atom is -0.496 e. The van der Waals surface area contributed by atoms with Gasteiger partial charge in [0.15, 0.2) is 0 Å². The van der Waals surface area contributed by atoms with Crippen molar-refractivity contribution in [2.45, 2.75) is 44.6 Å². The first-order valence-electron chi connectivity index (χ1n) is 7.36. The fraction of sp³-hybridized carbons (Fsp3) is 0.625. The highest BCUT2D eigenvalue weighted by molar-refractivity contribution is 9.10. The van der Waals surface area contributed by atoms with E-state index in [1.165, 1.54) is 38.2 Å². The number of nitrogens with one attached hydrogen (secondary N) is 1. The minimum absolute atomic E-state index is 0.211. The van der Waals surface area contributed by atoms with Crippen LogP contribution in [0, 0.1) is 11.7 Å². The molecule has 0 spiro atoms. The number of benzene rings is 1. The third kappa shape index (κ3) is 3.73. The van der Waals surface area contributed by atoms with Gasteiger partial charge < -0.3 is 10.1 Å². The van der Waals surface area contributed by atoms with E-state index in [0.717, 1.165) is 17.9 Å². The fourth-order valence-corrected chi connectivity index (χ4v) is 3.51. The molecule has 0 aromatic heterocycles. The largest absolute Gasteiger partial charge is 0.496 e. The summed E-state index contributed by atoms with van der Waals surface area (Å²) in [4.78, 5) is 0. The Kier molecular flexibility index (Phi) is 5.85. The number of ether oxygens (including phenoxy) is 1. The Morgan fingerprint density at radius 3 is 2.70 bits per heavy atom. The van der Waals surface area contributed by atoms with E-state index in [-0.39, 0.29) is 11.9 Å². The maximum absolute atomic E-state index is 13.6. The Labute approximate surface area is 129 Å². The molecule has 0 heterocycles. The first-order valence-corrected chi connectivity index (χ1v) is 8.15. The molecule has 1 saturated carbocycles. The SMILES string of the molecule is CNC(CCC1CCCC1)c1cc(Br)c(F)cc1OC. The summed E-state index contributed by atoms with van der Waals surface area (Å²) in [6, 6.07) is 3.51. The highest BCUT2D eigenvalue weighted by Crippen LogP contribution is 2.35. The summed E-state index contributed by atoms with van der Waals surface area (Å²) in [6.45, 7) is 0. The van der Waals surface area contributed by atoms with Crippen LogP contribution in [-0.2, 0) is 0 Å². The summed E-state index contributed by atoms with van der Waals surface area (Å²) >= 11 is 3.27. The van der Waals surface area contributed by atoms with Gasteiger partial charge in [0.05, 0.1) is 11.6 Å². The van der Waals surface area contributed by atoms with E-state index in [0.29, 0.717) is 10.2 Å². The molecule has 2 rings (SSSR count). The van der Waals surface area contributed by atoms with Crippen LogP contribution in [0.2, 0.25) is 0 Å². The average Bonchev–Trinajstić information content (AvgIpc) is 2.96. The molecular weight excluding hydrogens is 321 g/mol. The molecule has 1 N–H and O–H groups in total. The maximum atomic E-state index is 13.6. The number of hydrogen-bond donors (Lipinski definition) is 1. The van der Waals surface area contributed by atoms with Crippen molar-refractivity contribution in [3.63, 3.8) is 0 Å². The van der Waals surface area contributed by atoms with Gasteiger partial charge in [-0.15, -0.1) is 0 Å². The highest BCUT2D eigenvalue weighted by atomic mass is 79.9. The van der Waals surface area contributed by atoms with Crippen LogP contribution < -0.4 is 10.1 Å². The summed E-state index contributed by atoms with van der Waals surface area (Å²) in [5.74, 6) is 1.20. The Hall–Kier alpha value is -0.610. The Morgan fingerprint density at radius 1 is 1.40 bits per heavy atom. The quantitative estimate of drug-likeness (QED) is 0.798. The van der Waals surface area contributed by atoms with Crippen molar-refractivity contribution >= 4 is 15.9 Å². The second-order valence-electron chi connectivity index (χ2n) is 5.58. The number of halogens is 2. The lowest BCUT2D eigenvalue weighted by Crippen LogP contribution is -2.18. The molecule has 0 amide bonds. The van der Waals surface area contributed by atoms with E-state index < -0.39 is 0 Å². The number of rotatable bonds is 6. The molecular formula is C16H23BrFNO. The highest BCUT2D eigenvalue weighted by Gasteiger charge is 2.20. The Morgan fingerprint density at radius 2 is 2.10 bits per heavy atom. The van der Waals surface area contributed by atoms with E-state index in [1.807, 2.05) is 13.1 Å². The molecule has 1 fully saturated rings. The van der Waals surface area contributed by atoms with E-state index >= 15 is 0 Å². The second-order valence-corrected chi connectivity index (χ2v) is 6.43. The predicted molar refractivity (Wildman–Crippen MR) is 83.6 cm³/mol. The van der Waals surface area contributed by atoms with Gasteiger partial charge in [0.25, 0.3) is 0 Å². The van der Waals surface area contributed by atoms with Crippen LogP contribution in [-0.4, -0.2) is 14.2 Å². The topological polar surface area (TPSA) is 21.3 Å². The lowest BCUT2D eigenvalue weighted by atomic mass is 9.94. The normalized spacial score (nSPS) is 17.4. The van der Waals surface area contributed by atoms with Gasteiger partial charge >= 0.3 is 0 Å². The van der Waals surface area contributed by atoms with Crippen molar-refractivity contribution in [2.75, 3.05) is 14.2 Å². The van der Waals surface area contributed by atoms with Crippen molar-refractivity contribution in [1.29, 1.82) is 0 Å². The van der Waals surface area contributed by atoms with Crippen LogP contribution in [0.4, 0.5) is 4.39 Å². The van der Waals surface area contributed by atoms with Crippen LogP contribution in [0.15, 0.2) is 16.6 Å². The monoisotopic (exact) mass is 343 g/mol. The summed E-state index contributed by atoms with van der Waals surface area (Å²) < 4.78 is 19.4. The van der Waals surface area contributed by atoms with Crippen molar-refractivity contribution in [3.05, 3.63) is 28.0 Å². The molecule has 20 heavy (non-hydrogen) atoms. The predicted octanol–water partition coefficient (Wildman–Crippen LogP) is 4.83. The maximum Gasteiger partial charge on any atom is 0.141 e. The molecule has 1 aliphatic rings. The van der Waals surface area contributed by atoms with Crippen LogP contribution >= 0.6 is 15.9 Å². The zero-order valence-electron chi connectivity index (χ0n) is 12.2. The molecule has 0 aliphatic heterocycles. The molecule has 1 atom stereocenters. The molecule has 1 aromatic rings. The molecule has 0 bridgehead atoms. The fourth-order valence-electron chi connectivity index (χ4n) is 3.15. The van der Waals surface area contributed by atoms with Gasteiger partial charge in [0.2, 0.25) is 0 Å². The molecule has 1 aromatic carbocycles. The average molecular weight is 344 g/mol. The zero-order chi connectivity index (χ0) is 14.5. The van der Waals surface area contributed by atoms with Crippen LogP contribution in [0.25, 0.3) is 0 Å². The molecule has 2 nitrogen and oxygen atoms in total. The van der Waals surface area contributed by atoms with Gasteiger partial charge in [-0.25, -0.2) is 4.39 Å². The van der Waals surface area contributed by atoms with Crippen molar-refractivity contribution in [3.8, 4) is 5.75 Å². The second kappa shape index (κ2) is 7.41. The van der Waals surface area contributed by atoms with Gasteiger partial charge in [0, 0.05) is 17.7 Å². The van der Waals surface area contributed by atoms with E-state index in [9.17, 15) is 4.39 Å². The standard InChI is InChI=1S/C16H23BrFNO/c1-19-15(8-7-11-5-3-4-6-11)12-9-13(17)14(18)10-16(12)20-2/h9-11,15,19H,3-8H2,1-2H3. The third-order valence-corrected chi connectivity index (χ3v) is 4.94. The summed E-state index contributed by atoms with van der Waals surface area (Å²) in [5, 5.41) is 3.34. The first-order chi connectivity index (χ1) is 9.65.